The van der Waals surface area contributed by atoms with Gasteiger partial charge in [-0.3, -0.25) is 14.4 Å². The van der Waals surface area contributed by atoms with Gasteiger partial charge in [-0.2, -0.15) is 10.4 Å². The Kier molecular flexibility index (Phi) is 5.48. The molecule has 2 fully saturated rings. The zero-order valence-electron chi connectivity index (χ0n) is 20.3. The Bertz CT molecular complexity index is 1100. The van der Waals surface area contributed by atoms with Crippen molar-refractivity contribution in [1.82, 2.24) is 14.7 Å². The van der Waals surface area contributed by atoms with Crippen molar-refractivity contribution < 1.29 is 14.1 Å². The number of benzene rings is 1. The summed E-state index contributed by atoms with van der Waals surface area (Å²) in [5, 5.41) is 14.2. The second-order valence-electron chi connectivity index (χ2n) is 10.7. The van der Waals surface area contributed by atoms with E-state index >= 15 is 0 Å². The fourth-order valence-electron chi connectivity index (χ4n) is 4.64. The van der Waals surface area contributed by atoms with Crippen LogP contribution in [0.25, 0.3) is 0 Å². The molecule has 0 saturated carbocycles. The zero-order chi connectivity index (χ0) is 24.2. The predicted octanol–water partition coefficient (Wildman–Crippen LogP) is 2.14. The monoisotopic (exact) mass is 449 g/mol. The molecule has 0 aliphatic carbocycles. The average molecular weight is 449 g/mol. The molecule has 8 nitrogen and oxygen atoms in total. The lowest BCUT2D eigenvalue weighted by molar-refractivity contribution is -0.0630. The van der Waals surface area contributed by atoms with Crippen molar-refractivity contribution in [1.29, 1.82) is 5.26 Å². The fourth-order valence-corrected chi connectivity index (χ4v) is 4.64. The van der Waals surface area contributed by atoms with Crippen LogP contribution in [0.5, 0.6) is 0 Å². The van der Waals surface area contributed by atoms with Crippen molar-refractivity contribution >= 4 is 18.5 Å². The van der Waals surface area contributed by atoms with Crippen LogP contribution in [0.4, 0.5) is 0 Å². The second-order valence-corrected chi connectivity index (χ2v) is 10.7. The van der Waals surface area contributed by atoms with E-state index in [4.69, 9.17) is 15.0 Å². The van der Waals surface area contributed by atoms with Crippen molar-refractivity contribution in [2.75, 3.05) is 13.1 Å². The minimum absolute atomic E-state index is 0.321. The van der Waals surface area contributed by atoms with Crippen LogP contribution in [0.15, 0.2) is 36.7 Å². The molecule has 1 amide bonds. The first-order chi connectivity index (χ1) is 15.3. The zero-order valence-corrected chi connectivity index (χ0v) is 20.3. The van der Waals surface area contributed by atoms with Crippen molar-refractivity contribution in [3.8, 4) is 6.07 Å². The maximum atomic E-state index is 12.0. The molecule has 1 aromatic carbocycles. The summed E-state index contributed by atoms with van der Waals surface area (Å²) in [6.07, 6.45) is 4.01. The van der Waals surface area contributed by atoms with Gasteiger partial charge in [0.25, 0.3) is 0 Å². The number of nitrogens with two attached hydrogens (primary N) is 1. The molecular weight excluding hydrogens is 417 g/mol. The van der Waals surface area contributed by atoms with Gasteiger partial charge in [0.15, 0.2) is 0 Å². The molecule has 9 heteroatoms. The van der Waals surface area contributed by atoms with E-state index in [9.17, 15) is 10.1 Å². The molecule has 3 heterocycles. The Morgan fingerprint density at radius 3 is 2.39 bits per heavy atom. The Morgan fingerprint density at radius 2 is 1.82 bits per heavy atom. The Labute approximate surface area is 195 Å². The Hall–Kier alpha value is -2.67. The minimum atomic E-state index is -0.502. The molecule has 33 heavy (non-hydrogen) atoms. The lowest BCUT2D eigenvalue weighted by Gasteiger charge is -2.56. The Morgan fingerprint density at radius 1 is 1.21 bits per heavy atom. The standard InChI is InChI=1S/C24H32BN5O3/c1-21(2,19-10-8-7-9-18(19)20(27)31)29-15-24(16-29,11-12-26)30-14-17(13-28-30)25-32-22(3,4)23(5,6)33-25/h7-10,13-14H,11,15-16H2,1-6H3,(H2,27,31). The van der Waals surface area contributed by atoms with Gasteiger partial charge in [-0.25, -0.2) is 0 Å². The van der Waals surface area contributed by atoms with E-state index in [0.29, 0.717) is 25.1 Å². The summed E-state index contributed by atoms with van der Waals surface area (Å²) >= 11 is 0. The fraction of sp³-hybridized carbons (Fsp3) is 0.542. The first-order valence-corrected chi connectivity index (χ1v) is 11.2. The van der Waals surface area contributed by atoms with Gasteiger partial charge >= 0.3 is 7.12 Å². The topological polar surface area (TPSA) is 106 Å². The highest BCUT2D eigenvalue weighted by molar-refractivity contribution is 6.62. The number of carbonyl (C=O) groups excluding carboxylic acids is 1. The maximum absolute atomic E-state index is 12.0. The second kappa shape index (κ2) is 7.69. The van der Waals surface area contributed by atoms with Gasteiger partial charge in [0.2, 0.25) is 5.91 Å². The molecule has 0 atom stereocenters. The summed E-state index contributed by atoms with van der Waals surface area (Å²) in [5.41, 5.74) is 6.08. The largest absolute Gasteiger partial charge is 0.498 e. The quantitative estimate of drug-likeness (QED) is 0.678. The molecule has 0 unspecified atom stereocenters. The lowest BCUT2D eigenvalue weighted by atomic mass is 9.78. The summed E-state index contributed by atoms with van der Waals surface area (Å²) in [6, 6.07) is 9.76. The predicted molar refractivity (Wildman–Crippen MR) is 126 cm³/mol. The highest BCUT2D eigenvalue weighted by Gasteiger charge is 2.54. The molecule has 0 bridgehead atoms. The van der Waals surface area contributed by atoms with Crippen LogP contribution in [0.3, 0.4) is 0 Å². The molecule has 174 valence electrons. The first-order valence-electron chi connectivity index (χ1n) is 11.2. The third-order valence-electron chi connectivity index (χ3n) is 7.63. The highest BCUT2D eigenvalue weighted by atomic mass is 16.7. The van der Waals surface area contributed by atoms with E-state index in [-0.39, 0.29) is 0 Å². The number of primary amides is 1. The molecule has 2 aromatic rings. The summed E-state index contributed by atoms with van der Waals surface area (Å²) in [5.74, 6) is -0.443. The van der Waals surface area contributed by atoms with E-state index in [1.165, 1.54) is 0 Å². The highest BCUT2D eigenvalue weighted by Crippen LogP contribution is 2.42. The summed E-state index contributed by atoms with van der Waals surface area (Å²) in [6.45, 7) is 13.5. The smallest absolute Gasteiger partial charge is 0.399 e. The van der Waals surface area contributed by atoms with Crippen LogP contribution < -0.4 is 11.2 Å². The van der Waals surface area contributed by atoms with E-state index in [1.807, 2.05) is 56.8 Å². The number of likely N-dealkylation sites (tertiary alicyclic amines) is 1. The maximum Gasteiger partial charge on any atom is 0.498 e. The van der Waals surface area contributed by atoms with Gasteiger partial charge in [-0.1, -0.05) is 18.2 Å². The van der Waals surface area contributed by atoms with Gasteiger partial charge in [-0.15, -0.1) is 0 Å². The molecular formula is C24H32BN5O3. The van der Waals surface area contributed by atoms with Crippen molar-refractivity contribution in [3.63, 3.8) is 0 Å². The molecule has 2 aliphatic rings. The molecule has 2 N–H and O–H groups in total. The van der Waals surface area contributed by atoms with Gasteiger partial charge in [0.1, 0.15) is 5.54 Å². The first kappa shape index (κ1) is 23.5. The van der Waals surface area contributed by atoms with E-state index in [2.05, 4.69) is 29.9 Å². The number of carbonyl (C=O) groups is 1. The van der Waals surface area contributed by atoms with E-state index in [0.717, 1.165) is 11.0 Å². The van der Waals surface area contributed by atoms with Gasteiger partial charge in [0, 0.05) is 42.0 Å². The van der Waals surface area contributed by atoms with Crippen LogP contribution in [-0.4, -0.2) is 52.0 Å². The molecule has 4 rings (SSSR count). The molecule has 1 aromatic heterocycles. The van der Waals surface area contributed by atoms with Crippen molar-refractivity contribution in [3.05, 3.63) is 47.8 Å². The number of amides is 1. The van der Waals surface area contributed by atoms with Crippen LogP contribution in [-0.2, 0) is 20.4 Å². The molecule has 0 radical (unpaired) electrons. The van der Waals surface area contributed by atoms with Gasteiger partial charge < -0.3 is 15.0 Å². The number of nitriles is 1. The van der Waals surface area contributed by atoms with Crippen molar-refractivity contribution in [2.45, 2.75) is 70.2 Å². The summed E-state index contributed by atoms with van der Waals surface area (Å²) < 4.78 is 14.2. The SMILES string of the molecule is CC(C)(c1ccccc1C(N)=O)N1CC(CC#N)(n2cc(B3OC(C)(C)C(C)(C)O3)cn2)C1. The minimum Gasteiger partial charge on any atom is -0.399 e. The normalized spacial score (nSPS) is 21.4. The summed E-state index contributed by atoms with van der Waals surface area (Å²) in [7, 11) is -0.502. The third-order valence-corrected chi connectivity index (χ3v) is 7.63. The molecule has 0 spiro atoms. The van der Waals surface area contributed by atoms with Crippen LogP contribution in [0.2, 0.25) is 0 Å². The third kappa shape index (κ3) is 3.76. The lowest BCUT2D eigenvalue weighted by Crippen LogP contribution is -2.67. The Balaban J connectivity index is 1.57. The number of rotatable bonds is 6. The van der Waals surface area contributed by atoms with E-state index < -0.39 is 35.3 Å². The molecule has 2 saturated heterocycles. The van der Waals surface area contributed by atoms with Crippen LogP contribution in [0.1, 0.15) is 63.9 Å². The summed E-state index contributed by atoms with van der Waals surface area (Å²) in [4.78, 5) is 14.2. The van der Waals surface area contributed by atoms with Gasteiger partial charge in [0.05, 0.1) is 23.7 Å². The van der Waals surface area contributed by atoms with E-state index in [1.54, 1.807) is 12.3 Å². The van der Waals surface area contributed by atoms with Crippen LogP contribution in [0, 0.1) is 11.3 Å². The average Bonchev–Trinajstić information content (AvgIpc) is 3.27. The van der Waals surface area contributed by atoms with Crippen LogP contribution >= 0.6 is 0 Å². The number of hydrogen-bond donors (Lipinski definition) is 1. The molecule has 2 aliphatic heterocycles. The number of nitrogens with zero attached hydrogens (tertiary/aromatic N) is 4. The van der Waals surface area contributed by atoms with Gasteiger partial charge in [-0.05, 0) is 53.2 Å². The van der Waals surface area contributed by atoms with Crippen molar-refractivity contribution in [2.24, 2.45) is 5.73 Å². The number of hydrogen-bond acceptors (Lipinski definition) is 6. The number of aromatic nitrogens is 2.